The Labute approximate surface area is 130 Å². The van der Waals surface area contributed by atoms with Gasteiger partial charge in [0.2, 0.25) is 0 Å². The van der Waals surface area contributed by atoms with Crippen molar-refractivity contribution in [3.8, 4) is 0 Å². The zero-order chi connectivity index (χ0) is 15.7. The normalized spacial score (nSPS) is 13.4. The quantitative estimate of drug-likeness (QED) is 0.677. The number of methoxy groups -OCH3 is 1. The van der Waals surface area contributed by atoms with Gasteiger partial charge in [0.05, 0.1) is 13.2 Å². The number of halogens is 4. The standard InChI is InChI=1S/C14H19BrF3NO2/c1-20-7-6-19-8-12(9-21-10-14(16,17)18)11-2-4-13(15)5-3-11/h2-5,12,19H,6-10H2,1H3. The number of rotatable bonds is 9. The monoisotopic (exact) mass is 369 g/mol. The molecule has 0 heterocycles. The molecule has 0 fully saturated rings. The van der Waals surface area contributed by atoms with Crippen LogP contribution in [0, 0.1) is 0 Å². The van der Waals surface area contributed by atoms with Gasteiger partial charge in [-0.3, -0.25) is 0 Å². The van der Waals surface area contributed by atoms with Crippen molar-refractivity contribution in [1.29, 1.82) is 0 Å². The molecule has 0 radical (unpaired) electrons. The molecule has 1 aromatic rings. The van der Waals surface area contributed by atoms with Crippen molar-refractivity contribution in [2.75, 3.05) is 40.0 Å². The van der Waals surface area contributed by atoms with Crippen molar-refractivity contribution >= 4 is 15.9 Å². The predicted molar refractivity (Wildman–Crippen MR) is 78.5 cm³/mol. The number of benzene rings is 1. The second-order valence-corrected chi connectivity index (χ2v) is 5.49. The van der Waals surface area contributed by atoms with Crippen LogP contribution >= 0.6 is 15.9 Å². The number of hydrogen-bond acceptors (Lipinski definition) is 3. The Kier molecular flexibility index (Phi) is 8.24. The fraction of sp³-hybridized carbons (Fsp3) is 0.571. The molecule has 120 valence electrons. The van der Waals surface area contributed by atoms with Crippen LogP contribution in [0.5, 0.6) is 0 Å². The van der Waals surface area contributed by atoms with E-state index in [4.69, 9.17) is 9.47 Å². The van der Waals surface area contributed by atoms with Crippen molar-refractivity contribution in [1.82, 2.24) is 5.32 Å². The fourth-order valence-electron chi connectivity index (χ4n) is 1.78. The highest BCUT2D eigenvalue weighted by atomic mass is 79.9. The average molecular weight is 370 g/mol. The lowest BCUT2D eigenvalue weighted by Crippen LogP contribution is -2.28. The van der Waals surface area contributed by atoms with Crippen LogP contribution in [0.15, 0.2) is 28.7 Å². The predicted octanol–water partition coefficient (Wildman–Crippen LogP) is 3.35. The highest BCUT2D eigenvalue weighted by Gasteiger charge is 2.28. The maximum atomic E-state index is 12.2. The van der Waals surface area contributed by atoms with Crippen LogP contribution in [-0.4, -0.2) is 46.2 Å². The van der Waals surface area contributed by atoms with Crippen LogP contribution < -0.4 is 5.32 Å². The molecule has 21 heavy (non-hydrogen) atoms. The fourth-order valence-corrected chi connectivity index (χ4v) is 2.04. The van der Waals surface area contributed by atoms with Crippen LogP contribution in [0.1, 0.15) is 11.5 Å². The third kappa shape index (κ3) is 8.40. The molecule has 0 bridgehead atoms. The van der Waals surface area contributed by atoms with Gasteiger partial charge in [0.15, 0.2) is 0 Å². The molecule has 0 aliphatic rings. The van der Waals surface area contributed by atoms with E-state index in [1.807, 2.05) is 24.3 Å². The summed E-state index contributed by atoms with van der Waals surface area (Å²) in [7, 11) is 1.60. The van der Waals surface area contributed by atoms with Gasteiger partial charge in [-0.15, -0.1) is 0 Å². The lowest BCUT2D eigenvalue weighted by molar-refractivity contribution is -0.174. The summed E-state index contributed by atoms with van der Waals surface area (Å²) in [4.78, 5) is 0. The highest BCUT2D eigenvalue weighted by molar-refractivity contribution is 9.10. The first kappa shape index (κ1) is 18.4. The maximum Gasteiger partial charge on any atom is 0.411 e. The Balaban J connectivity index is 2.54. The highest BCUT2D eigenvalue weighted by Crippen LogP contribution is 2.21. The summed E-state index contributed by atoms with van der Waals surface area (Å²) in [5, 5.41) is 3.15. The molecular formula is C14H19BrF3NO2. The topological polar surface area (TPSA) is 30.5 Å². The first-order valence-corrected chi connectivity index (χ1v) is 7.31. The second kappa shape index (κ2) is 9.40. The molecule has 3 nitrogen and oxygen atoms in total. The van der Waals surface area contributed by atoms with Gasteiger partial charge in [0.1, 0.15) is 6.61 Å². The van der Waals surface area contributed by atoms with E-state index in [1.165, 1.54) is 0 Å². The Hall–Kier alpha value is -0.630. The van der Waals surface area contributed by atoms with Crippen molar-refractivity contribution in [3.63, 3.8) is 0 Å². The molecule has 7 heteroatoms. The number of ether oxygens (including phenoxy) is 2. The maximum absolute atomic E-state index is 12.2. The van der Waals surface area contributed by atoms with Gasteiger partial charge in [-0.2, -0.15) is 13.2 Å². The Morgan fingerprint density at radius 1 is 1.24 bits per heavy atom. The molecule has 0 spiro atoms. The van der Waals surface area contributed by atoms with Crippen LogP contribution in [0.2, 0.25) is 0 Å². The Morgan fingerprint density at radius 2 is 1.90 bits per heavy atom. The minimum Gasteiger partial charge on any atom is -0.383 e. The van der Waals surface area contributed by atoms with E-state index in [2.05, 4.69) is 21.2 Å². The van der Waals surface area contributed by atoms with Crippen molar-refractivity contribution in [3.05, 3.63) is 34.3 Å². The zero-order valence-electron chi connectivity index (χ0n) is 11.8. The molecule has 1 aromatic carbocycles. The summed E-state index contributed by atoms with van der Waals surface area (Å²) < 4.78 is 47.1. The van der Waals surface area contributed by atoms with Crippen molar-refractivity contribution in [2.45, 2.75) is 12.1 Å². The third-order valence-corrected chi connectivity index (χ3v) is 3.33. The van der Waals surface area contributed by atoms with Gasteiger partial charge in [-0.05, 0) is 17.7 Å². The summed E-state index contributed by atoms with van der Waals surface area (Å²) >= 11 is 3.33. The molecule has 0 saturated carbocycles. The van der Waals surface area contributed by atoms with Gasteiger partial charge in [0.25, 0.3) is 0 Å². The Bertz CT molecular complexity index is 398. The summed E-state index contributed by atoms with van der Waals surface area (Å²) in [5.41, 5.74) is 0.935. The summed E-state index contributed by atoms with van der Waals surface area (Å²) in [6, 6.07) is 7.48. The minimum atomic E-state index is -4.30. The average Bonchev–Trinajstić information content (AvgIpc) is 2.41. The Morgan fingerprint density at radius 3 is 2.48 bits per heavy atom. The lowest BCUT2D eigenvalue weighted by atomic mass is 10.00. The molecule has 1 atom stereocenters. The molecule has 0 aliphatic carbocycles. The van der Waals surface area contributed by atoms with E-state index in [0.717, 1.165) is 10.0 Å². The molecule has 0 saturated heterocycles. The number of hydrogen-bond donors (Lipinski definition) is 1. The smallest absolute Gasteiger partial charge is 0.383 e. The first-order valence-electron chi connectivity index (χ1n) is 6.52. The van der Waals surface area contributed by atoms with Gasteiger partial charge >= 0.3 is 6.18 Å². The first-order chi connectivity index (χ1) is 9.92. The largest absolute Gasteiger partial charge is 0.411 e. The lowest BCUT2D eigenvalue weighted by Gasteiger charge is -2.19. The van der Waals surface area contributed by atoms with E-state index in [1.54, 1.807) is 7.11 Å². The molecule has 1 N–H and O–H groups in total. The van der Waals surface area contributed by atoms with Crippen molar-refractivity contribution < 1.29 is 22.6 Å². The van der Waals surface area contributed by atoms with Crippen LogP contribution in [0.4, 0.5) is 13.2 Å². The SMILES string of the molecule is COCCNCC(COCC(F)(F)F)c1ccc(Br)cc1. The summed E-state index contributed by atoms with van der Waals surface area (Å²) in [6.07, 6.45) is -4.30. The minimum absolute atomic E-state index is 0.0150. The van der Waals surface area contributed by atoms with E-state index in [0.29, 0.717) is 19.7 Å². The summed E-state index contributed by atoms with van der Waals surface area (Å²) in [5.74, 6) is -0.141. The third-order valence-electron chi connectivity index (χ3n) is 2.80. The molecule has 0 aliphatic heterocycles. The molecule has 0 aromatic heterocycles. The van der Waals surface area contributed by atoms with Gasteiger partial charge < -0.3 is 14.8 Å². The van der Waals surface area contributed by atoms with E-state index in [9.17, 15) is 13.2 Å². The van der Waals surface area contributed by atoms with E-state index >= 15 is 0 Å². The molecule has 1 rings (SSSR count). The van der Waals surface area contributed by atoms with Crippen LogP contribution in [0.25, 0.3) is 0 Å². The van der Waals surface area contributed by atoms with Gasteiger partial charge in [-0.25, -0.2) is 0 Å². The number of nitrogens with one attached hydrogen (secondary N) is 1. The van der Waals surface area contributed by atoms with Gasteiger partial charge in [0, 0.05) is 30.6 Å². The zero-order valence-corrected chi connectivity index (χ0v) is 13.3. The molecule has 1 unspecified atom stereocenters. The summed E-state index contributed by atoms with van der Waals surface area (Å²) in [6.45, 7) is 0.515. The number of alkyl halides is 3. The molecular weight excluding hydrogens is 351 g/mol. The van der Waals surface area contributed by atoms with E-state index in [-0.39, 0.29) is 12.5 Å². The van der Waals surface area contributed by atoms with E-state index < -0.39 is 12.8 Å². The molecule has 0 amide bonds. The van der Waals surface area contributed by atoms with Gasteiger partial charge in [-0.1, -0.05) is 28.1 Å². The van der Waals surface area contributed by atoms with Crippen LogP contribution in [0.3, 0.4) is 0 Å². The van der Waals surface area contributed by atoms with Crippen LogP contribution in [-0.2, 0) is 9.47 Å². The second-order valence-electron chi connectivity index (χ2n) is 4.58. The van der Waals surface area contributed by atoms with Crippen molar-refractivity contribution in [2.24, 2.45) is 0 Å².